The molecule has 4 bridgehead atoms. The molecule has 4 aliphatic rings. The Hall–Kier alpha value is -1.86. The van der Waals surface area contributed by atoms with Crippen LogP contribution in [0.5, 0.6) is 0 Å². The average Bonchev–Trinajstić information content (AvgIpc) is 3.09. The van der Waals surface area contributed by atoms with Gasteiger partial charge in [0.2, 0.25) is 5.91 Å². The summed E-state index contributed by atoms with van der Waals surface area (Å²) in [6, 6.07) is 7.46. The minimum absolute atomic E-state index is 0.0337. The van der Waals surface area contributed by atoms with Crippen LogP contribution in [0.1, 0.15) is 54.6 Å². The van der Waals surface area contributed by atoms with Crippen molar-refractivity contribution in [1.82, 2.24) is 10.3 Å². The van der Waals surface area contributed by atoms with Gasteiger partial charge in [-0.3, -0.25) is 14.9 Å². The lowest BCUT2D eigenvalue weighted by Crippen LogP contribution is -2.60. The highest BCUT2D eigenvalue weighted by molar-refractivity contribution is 8.00. The fourth-order valence-corrected chi connectivity index (χ4v) is 7.63. The number of nitrogens with one attached hydrogen (secondary N) is 2. The van der Waals surface area contributed by atoms with Gasteiger partial charge in [-0.2, -0.15) is 0 Å². The summed E-state index contributed by atoms with van der Waals surface area (Å²) >= 11 is 2.85. The van der Waals surface area contributed by atoms with Crippen molar-refractivity contribution in [3.63, 3.8) is 0 Å². The van der Waals surface area contributed by atoms with Gasteiger partial charge in [0.1, 0.15) is 0 Å². The highest BCUT2D eigenvalue weighted by Crippen LogP contribution is 2.55. The molecule has 30 heavy (non-hydrogen) atoms. The molecule has 158 valence electrons. The monoisotopic (exact) mass is 441 g/mol. The van der Waals surface area contributed by atoms with E-state index < -0.39 is 0 Å². The van der Waals surface area contributed by atoms with E-state index in [-0.39, 0.29) is 17.4 Å². The Kier molecular flexibility index (Phi) is 5.35. The van der Waals surface area contributed by atoms with Crippen LogP contribution in [0.2, 0.25) is 0 Å². The minimum Gasteiger partial charge on any atom is -0.350 e. The summed E-state index contributed by atoms with van der Waals surface area (Å²) in [5.41, 5.74) is 1.50. The molecule has 5 nitrogen and oxygen atoms in total. The molecule has 0 radical (unpaired) electrons. The Labute approximate surface area is 185 Å². The quantitative estimate of drug-likeness (QED) is 0.627. The molecule has 0 spiro atoms. The second-order valence-electron chi connectivity index (χ2n) is 9.28. The molecule has 0 atom stereocenters. The van der Waals surface area contributed by atoms with Gasteiger partial charge in [-0.1, -0.05) is 12.1 Å². The Morgan fingerprint density at radius 3 is 2.43 bits per heavy atom. The molecule has 1 heterocycles. The maximum absolute atomic E-state index is 12.8. The number of aromatic nitrogens is 1. The molecule has 0 unspecified atom stereocenters. The van der Waals surface area contributed by atoms with Crippen molar-refractivity contribution in [3.8, 4) is 0 Å². The third-order valence-corrected chi connectivity index (χ3v) is 8.72. The van der Waals surface area contributed by atoms with Gasteiger partial charge in [0, 0.05) is 15.8 Å². The summed E-state index contributed by atoms with van der Waals surface area (Å²) in [5, 5.41) is 8.78. The second kappa shape index (κ2) is 8.00. The number of thiazole rings is 1. The lowest BCUT2D eigenvalue weighted by atomic mass is 9.53. The topological polar surface area (TPSA) is 71.1 Å². The fourth-order valence-electron chi connectivity index (χ4n) is 6.09. The number of hydrogen-bond donors (Lipinski definition) is 2. The third-order valence-electron chi connectivity index (χ3n) is 6.77. The predicted molar refractivity (Wildman–Crippen MR) is 121 cm³/mol. The molecule has 2 N–H and O–H groups in total. The predicted octanol–water partition coefficient (Wildman–Crippen LogP) is 4.88. The fraction of sp³-hybridized carbons (Fsp3) is 0.522. The highest BCUT2D eigenvalue weighted by atomic mass is 32.2. The Bertz CT molecular complexity index is 936. The summed E-state index contributed by atoms with van der Waals surface area (Å²) in [6.45, 7) is 1.90. The number of anilines is 1. The Morgan fingerprint density at radius 2 is 1.80 bits per heavy atom. The molecule has 1 aromatic heterocycles. The Balaban J connectivity index is 1.21. The van der Waals surface area contributed by atoms with Gasteiger partial charge in [-0.25, -0.2) is 4.98 Å². The number of thioether (sulfide) groups is 1. The first-order chi connectivity index (χ1) is 14.5. The summed E-state index contributed by atoms with van der Waals surface area (Å²) < 4.78 is 0. The van der Waals surface area contributed by atoms with E-state index in [9.17, 15) is 9.59 Å². The number of hydrogen-bond acceptors (Lipinski definition) is 5. The lowest BCUT2D eigenvalue weighted by Gasteiger charge is -2.56. The number of rotatable bonds is 6. The Morgan fingerprint density at radius 1 is 1.13 bits per heavy atom. The van der Waals surface area contributed by atoms with Crippen molar-refractivity contribution >= 4 is 40.0 Å². The number of carbonyl (C=O) groups excluding carboxylic acids is 2. The van der Waals surface area contributed by atoms with Crippen LogP contribution in [-0.2, 0) is 4.79 Å². The lowest BCUT2D eigenvalue weighted by molar-refractivity contribution is -0.124. The number of amides is 2. The summed E-state index contributed by atoms with van der Waals surface area (Å²) in [5.74, 6) is 2.67. The molecule has 4 saturated carbocycles. The maximum Gasteiger partial charge on any atom is 0.258 e. The van der Waals surface area contributed by atoms with E-state index in [0.717, 1.165) is 47.6 Å². The van der Waals surface area contributed by atoms with Gasteiger partial charge < -0.3 is 5.32 Å². The summed E-state index contributed by atoms with van der Waals surface area (Å²) in [4.78, 5) is 30.7. The van der Waals surface area contributed by atoms with Crippen molar-refractivity contribution in [3.05, 3.63) is 40.9 Å². The van der Waals surface area contributed by atoms with Gasteiger partial charge in [0.05, 0.1) is 17.0 Å². The number of benzene rings is 1. The molecular formula is C23H27N3O2S2. The van der Waals surface area contributed by atoms with Crippen LogP contribution in [0.4, 0.5) is 5.13 Å². The van der Waals surface area contributed by atoms with Crippen molar-refractivity contribution in [2.75, 3.05) is 11.1 Å². The zero-order valence-corrected chi connectivity index (χ0v) is 18.8. The molecule has 2 amide bonds. The SMILES string of the molecule is Cc1csc(NC(=O)c2ccccc2SCC(=O)NC23CC4CC(CC(C4)C2)C3)n1. The van der Waals surface area contributed by atoms with E-state index in [1.165, 1.54) is 42.4 Å². The molecule has 6 rings (SSSR count). The van der Waals surface area contributed by atoms with Crippen molar-refractivity contribution < 1.29 is 9.59 Å². The van der Waals surface area contributed by atoms with Gasteiger partial charge in [0.15, 0.2) is 5.13 Å². The maximum atomic E-state index is 12.8. The number of nitrogens with zero attached hydrogens (tertiary/aromatic N) is 1. The van der Waals surface area contributed by atoms with E-state index in [0.29, 0.717) is 16.4 Å². The van der Waals surface area contributed by atoms with E-state index in [4.69, 9.17) is 0 Å². The smallest absolute Gasteiger partial charge is 0.258 e. The highest BCUT2D eigenvalue weighted by Gasteiger charge is 2.51. The van der Waals surface area contributed by atoms with Crippen molar-refractivity contribution in [1.29, 1.82) is 0 Å². The number of carbonyl (C=O) groups is 2. The molecule has 7 heteroatoms. The molecule has 2 aromatic rings. The van der Waals surface area contributed by atoms with E-state index >= 15 is 0 Å². The average molecular weight is 442 g/mol. The summed E-state index contributed by atoms with van der Waals surface area (Å²) in [6.07, 6.45) is 7.56. The zero-order chi connectivity index (χ0) is 20.7. The molecule has 0 saturated heterocycles. The van der Waals surface area contributed by atoms with Crippen LogP contribution in [0.3, 0.4) is 0 Å². The van der Waals surface area contributed by atoms with Crippen molar-refractivity contribution in [2.45, 2.75) is 55.9 Å². The first kappa shape index (κ1) is 20.1. The first-order valence-corrected chi connectivity index (χ1v) is 12.6. The van der Waals surface area contributed by atoms with Gasteiger partial charge in [0.25, 0.3) is 5.91 Å². The van der Waals surface area contributed by atoms with Crippen LogP contribution in [0.15, 0.2) is 34.5 Å². The largest absolute Gasteiger partial charge is 0.350 e. The zero-order valence-electron chi connectivity index (χ0n) is 17.1. The summed E-state index contributed by atoms with van der Waals surface area (Å²) in [7, 11) is 0. The molecule has 4 aliphatic carbocycles. The molecular weight excluding hydrogens is 414 g/mol. The molecule has 1 aromatic carbocycles. The molecule has 4 fully saturated rings. The standard InChI is InChI=1S/C23H27N3O2S2/c1-14-12-30-22(24-14)25-21(28)18-4-2-3-5-19(18)29-13-20(27)26-23-9-15-6-16(10-23)8-17(7-15)11-23/h2-5,12,15-17H,6-11,13H2,1H3,(H,26,27)(H,24,25,28). The van der Waals surface area contributed by atoms with Crippen LogP contribution in [-0.4, -0.2) is 28.1 Å². The minimum atomic E-state index is -0.186. The van der Waals surface area contributed by atoms with Crippen LogP contribution in [0.25, 0.3) is 0 Å². The van der Waals surface area contributed by atoms with Gasteiger partial charge in [-0.15, -0.1) is 23.1 Å². The van der Waals surface area contributed by atoms with Gasteiger partial charge in [-0.05, 0) is 75.3 Å². The van der Waals surface area contributed by atoms with Crippen LogP contribution < -0.4 is 10.6 Å². The van der Waals surface area contributed by atoms with E-state index in [2.05, 4.69) is 15.6 Å². The number of aryl methyl sites for hydroxylation is 1. The second-order valence-corrected chi connectivity index (χ2v) is 11.2. The normalized spacial score (nSPS) is 29.0. The van der Waals surface area contributed by atoms with Crippen LogP contribution in [0, 0.1) is 24.7 Å². The first-order valence-electron chi connectivity index (χ1n) is 10.7. The van der Waals surface area contributed by atoms with Crippen LogP contribution >= 0.6 is 23.1 Å². The van der Waals surface area contributed by atoms with E-state index in [1.54, 1.807) is 6.07 Å². The molecule has 0 aliphatic heterocycles. The van der Waals surface area contributed by atoms with Gasteiger partial charge >= 0.3 is 0 Å². The van der Waals surface area contributed by atoms with Crippen molar-refractivity contribution in [2.24, 2.45) is 17.8 Å². The van der Waals surface area contributed by atoms with E-state index in [1.807, 2.05) is 30.5 Å². The third kappa shape index (κ3) is 4.14.